The van der Waals surface area contributed by atoms with Gasteiger partial charge in [0.15, 0.2) is 5.88 Å². The Balaban J connectivity index is 2.28. The van der Waals surface area contributed by atoms with E-state index in [4.69, 9.17) is 4.74 Å². The molecule has 1 saturated carbocycles. The molecule has 1 N–H and O–H groups in total. The third kappa shape index (κ3) is 4.59. The zero-order valence-corrected chi connectivity index (χ0v) is 10.6. The fourth-order valence-electron chi connectivity index (χ4n) is 2.20. The highest BCUT2D eigenvalue weighted by Gasteiger charge is 2.24. The van der Waals surface area contributed by atoms with E-state index in [0.717, 1.165) is 11.8 Å². The van der Waals surface area contributed by atoms with Crippen LogP contribution < -0.4 is 5.32 Å². The molecule has 2 nitrogen and oxygen atoms in total. The van der Waals surface area contributed by atoms with Crippen molar-refractivity contribution in [3.63, 3.8) is 0 Å². The van der Waals surface area contributed by atoms with Crippen molar-refractivity contribution in [2.45, 2.75) is 65.0 Å². The lowest BCUT2D eigenvalue weighted by molar-refractivity contribution is 0.0384. The summed E-state index contributed by atoms with van der Waals surface area (Å²) in [6, 6.07) is 0.574. The summed E-state index contributed by atoms with van der Waals surface area (Å²) >= 11 is 0. The predicted molar refractivity (Wildman–Crippen MR) is 64.5 cm³/mol. The van der Waals surface area contributed by atoms with Crippen molar-refractivity contribution in [1.82, 2.24) is 5.32 Å². The van der Waals surface area contributed by atoms with Crippen molar-refractivity contribution < 1.29 is 4.74 Å². The van der Waals surface area contributed by atoms with E-state index in [1.54, 1.807) is 0 Å². The molecule has 1 aliphatic carbocycles. The van der Waals surface area contributed by atoms with Gasteiger partial charge in [0, 0.05) is 6.04 Å². The summed E-state index contributed by atoms with van der Waals surface area (Å²) in [6.45, 7) is 12.3. The molecule has 2 heteroatoms. The highest BCUT2D eigenvalue weighted by molar-refractivity contribution is 4.90. The number of ether oxygens (including phenoxy) is 1. The quantitative estimate of drug-likeness (QED) is 0.719. The lowest BCUT2D eigenvalue weighted by Gasteiger charge is -2.25. The molecule has 1 rings (SSSR count). The van der Waals surface area contributed by atoms with Gasteiger partial charge in [-0.25, -0.2) is 0 Å². The summed E-state index contributed by atoms with van der Waals surface area (Å²) in [7, 11) is 0. The van der Waals surface area contributed by atoms with E-state index in [1.807, 2.05) is 20.8 Å². The standard InChI is InChI=1S/C13H25NO/c1-6-11-7-8-12(9-11)14-10(2)15-13(3,4)5/h11-12,14H,2,6-9H2,1,3-5H3. The van der Waals surface area contributed by atoms with E-state index in [9.17, 15) is 0 Å². The van der Waals surface area contributed by atoms with E-state index in [1.165, 1.54) is 25.7 Å². The maximum atomic E-state index is 5.66. The maximum absolute atomic E-state index is 5.66. The molecule has 0 aromatic heterocycles. The number of nitrogens with one attached hydrogen (secondary N) is 1. The SMILES string of the molecule is C=C(NC1CCC(CC)C1)OC(C)(C)C. The molecule has 0 amide bonds. The monoisotopic (exact) mass is 211 g/mol. The Morgan fingerprint density at radius 3 is 2.53 bits per heavy atom. The molecular weight excluding hydrogens is 186 g/mol. The van der Waals surface area contributed by atoms with Crippen LogP contribution in [0.25, 0.3) is 0 Å². The average Bonchev–Trinajstić information content (AvgIpc) is 2.48. The minimum absolute atomic E-state index is 0.146. The van der Waals surface area contributed by atoms with Crippen LogP contribution in [-0.4, -0.2) is 11.6 Å². The first-order chi connectivity index (χ1) is 6.90. The van der Waals surface area contributed by atoms with Gasteiger partial charge in [-0.2, -0.15) is 0 Å². The topological polar surface area (TPSA) is 21.3 Å². The molecule has 2 atom stereocenters. The lowest BCUT2D eigenvalue weighted by atomic mass is 10.1. The molecule has 1 fully saturated rings. The second-order valence-electron chi connectivity index (χ2n) is 5.57. The van der Waals surface area contributed by atoms with E-state index < -0.39 is 0 Å². The molecule has 15 heavy (non-hydrogen) atoms. The zero-order chi connectivity index (χ0) is 11.5. The summed E-state index contributed by atoms with van der Waals surface area (Å²) < 4.78 is 5.66. The van der Waals surface area contributed by atoms with E-state index >= 15 is 0 Å². The minimum atomic E-state index is -0.146. The van der Waals surface area contributed by atoms with E-state index in [-0.39, 0.29) is 5.60 Å². The molecule has 0 spiro atoms. The van der Waals surface area contributed by atoms with Crippen molar-refractivity contribution in [3.8, 4) is 0 Å². The van der Waals surface area contributed by atoms with E-state index in [0.29, 0.717) is 6.04 Å². The van der Waals surface area contributed by atoms with Gasteiger partial charge >= 0.3 is 0 Å². The molecule has 0 heterocycles. The van der Waals surface area contributed by atoms with Crippen molar-refractivity contribution in [3.05, 3.63) is 12.5 Å². The Morgan fingerprint density at radius 1 is 1.40 bits per heavy atom. The lowest BCUT2D eigenvalue weighted by Crippen LogP contribution is -2.31. The van der Waals surface area contributed by atoms with Gasteiger partial charge in [-0.1, -0.05) is 13.3 Å². The molecule has 0 aliphatic heterocycles. The fourth-order valence-corrected chi connectivity index (χ4v) is 2.20. The van der Waals surface area contributed by atoms with Gasteiger partial charge in [0.05, 0.1) is 0 Å². The summed E-state index contributed by atoms with van der Waals surface area (Å²) in [5, 5.41) is 3.38. The third-order valence-corrected chi connectivity index (χ3v) is 2.91. The van der Waals surface area contributed by atoms with Crippen molar-refractivity contribution in [2.75, 3.05) is 0 Å². The van der Waals surface area contributed by atoms with Crippen LogP contribution in [0, 0.1) is 5.92 Å². The van der Waals surface area contributed by atoms with Crippen LogP contribution in [0.15, 0.2) is 12.5 Å². The summed E-state index contributed by atoms with van der Waals surface area (Å²) in [6.07, 6.45) is 5.16. The predicted octanol–water partition coefficient (Wildman–Crippen LogP) is 3.44. The Labute approximate surface area is 94.1 Å². The summed E-state index contributed by atoms with van der Waals surface area (Å²) in [5.41, 5.74) is -0.146. The van der Waals surface area contributed by atoms with Crippen LogP contribution in [0.2, 0.25) is 0 Å². The Bertz CT molecular complexity index is 217. The molecule has 0 aromatic carbocycles. The number of hydrogen-bond acceptors (Lipinski definition) is 2. The highest BCUT2D eigenvalue weighted by Crippen LogP contribution is 2.28. The largest absolute Gasteiger partial charge is 0.474 e. The molecule has 0 saturated heterocycles. The second kappa shape index (κ2) is 4.91. The highest BCUT2D eigenvalue weighted by atomic mass is 16.5. The van der Waals surface area contributed by atoms with Crippen molar-refractivity contribution in [1.29, 1.82) is 0 Å². The Hall–Kier alpha value is -0.660. The molecule has 2 unspecified atom stereocenters. The van der Waals surface area contributed by atoms with Crippen LogP contribution in [0.5, 0.6) is 0 Å². The molecule has 0 radical (unpaired) electrons. The smallest absolute Gasteiger partial charge is 0.180 e. The van der Waals surface area contributed by atoms with Gasteiger partial charge < -0.3 is 10.1 Å². The van der Waals surface area contributed by atoms with Gasteiger partial charge in [0.2, 0.25) is 0 Å². The first-order valence-electron chi connectivity index (χ1n) is 6.05. The fraction of sp³-hybridized carbons (Fsp3) is 0.846. The summed E-state index contributed by atoms with van der Waals surface area (Å²) in [5.74, 6) is 1.62. The average molecular weight is 211 g/mol. The second-order valence-corrected chi connectivity index (χ2v) is 5.57. The third-order valence-electron chi connectivity index (χ3n) is 2.91. The van der Waals surface area contributed by atoms with Crippen LogP contribution in [0.4, 0.5) is 0 Å². The first-order valence-corrected chi connectivity index (χ1v) is 6.05. The molecular formula is C13H25NO. The van der Waals surface area contributed by atoms with Crippen LogP contribution in [0.3, 0.4) is 0 Å². The zero-order valence-electron chi connectivity index (χ0n) is 10.6. The van der Waals surface area contributed by atoms with Gasteiger partial charge in [-0.05, 0) is 52.5 Å². The number of rotatable bonds is 4. The number of hydrogen-bond donors (Lipinski definition) is 1. The van der Waals surface area contributed by atoms with Gasteiger partial charge in [0.25, 0.3) is 0 Å². The van der Waals surface area contributed by atoms with Crippen molar-refractivity contribution >= 4 is 0 Å². The Kier molecular flexibility index (Phi) is 4.06. The molecule has 1 aliphatic rings. The molecule has 0 aromatic rings. The van der Waals surface area contributed by atoms with Crippen LogP contribution in [-0.2, 0) is 4.74 Å². The first kappa shape index (κ1) is 12.4. The van der Waals surface area contributed by atoms with Crippen LogP contribution in [0.1, 0.15) is 53.4 Å². The normalized spacial score (nSPS) is 26.4. The van der Waals surface area contributed by atoms with Gasteiger partial charge in [0.1, 0.15) is 5.60 Å². The van der Waals surface area contributed by atoms with Gasteiger partial charge in [-0.3, -0.25) is 0 Å². The van der Waals surface area contributed by atoms with Crippen LogP contribution >= 0.6 is 0 Å². The van der Waals surface area contributed by atoms with Gasteiger partial charge in [-0.15, -0.1) is 0 Å². The van der Waals surface area contributed by atoms with Crippen molar-refractivity contribution in [2.24, 2.45) is 5.92 Å². The summed E-state index contributed by atoms with van der Waals surface area (Å²) in [4.78, 5) is 0. The Morgan fingerprint density at radius 2 is 2.07 bits per heavy atom. The molecule has 0 bridgehead atoms. The molecule has 88 valence electrons. The van der Waals surface area contributed by atoms with E-state index in [2.05, 4.69) is 18.8 Å². The maximum Gasteiger partial charge on any atom is 0.180 e. The minimum Gasteiger partial charge on any atom is -0.474 e.